The van der Waals surface area contributed by atoms with Gasteiger partial charge in [-0.25, -0.2) is 0 Å². The van der Waals surface area contributed by atoms with Crippen molar-refractivity contribution in [2.24, 2.45) is 0 Å². The molecule has 0 unspecified atom stereocenters. The Morgan fingerprint density at radius 3 is 2.06 bits per heavy atom. The molecule has 97 valence electrons. The molecule has 0 saturated carbocycles. The van der Waals surface area contributed by atoms with Crippen LogP contribution in [-0.2, 0) is 17.1 Å². The van der Waals surface area contributed by atoms with Crippen LogP contribution < -0.4 is 19.2 Å². The Labute approximate surface area is 109 Å². The average molecular weight is 301 g/mol. The van der Waals surface area contributed by atoms with Crippen molar-refractivity contribution in [3.8, 4) is 5.75 Å². The second-order valence-corrected chi connectivity index (χ2v) is 3.85. The molecule has 0 spiro atoms. The molecule has 1 N–H and O–H groups in total. The van der Waals surface area contributed by atoms with E-state index in [1.165, 1.54) is 0 Å². The summed E-state index contributed by atoms with van der Waals surface area (Å²) in [7, 11) is -5.61. The van der Waals surface area contributed by atoms with Crippen LogP contribution in [0.4, 0.5) is 0 Å². The number of phenols is 1. The number of nitrogens with zero attached hydrogens (tertiary/aromatic N) is 1. The summed E-state index contributed by atoms with van der Waals surface area (Å²) in [6, 6.07) is 9.13. The van der Waals surface area contributed by atoms with E-state index >= 15 is 0 Å². The molecule has 0 saturated heterocycles. The molecule has 17 heavy (non-hydrogen) atoms. The van der Waals surface area contributed by atoms with Crippen LogP contribution in [-0.4, -0.2) is 19.1 Å². The Morgan fingerprint density at radius 1 is 1.00 bits per heavy atom. The van der Waals surface area contributed by atoms with Crippen LogP contribution in [0.25, 0.3) is 10.9 Å². The summed E-state index contributed by atoms with van der Waals surface area (Å²) >= 11 is 0. The first kappa shape index (κ1) is 16.0. The van der Waals surface area contributed by atoms with Gasteiger partial charge in [0.25, 0.3) is 0 Å². The Hall–Kier alpha value is -0.994. The molecule has 1 radical (unpaired) electrons. The number of hydrogen-bond acceptors (Lipinski definition) is 6. The molecule has 1 heterocycles. The van der Waals surface area contributed by atoms with Crippen molar-refractivity contribution in [1.29, 1.82) is 0 Å². The van der Waals surface area contributed by atoms with Crippen LogP contribution >= 0.6 is 0 Å². The molecule has 0 aliphatic carbocycles. The molecular formula is C9H7CuNO5Si-4. The molecular weight excluding hydrogens is 294 g/mol. The van der Waals surface area contributed by atoms with Gasteiger partial charge in [-0.2, -0.15) is 0 Å². The van der Waals surface area contributed by atoms with Crippen LogP contribution in [0, 0.1) is 0 Å². The molecule has 0 aliphatic rings. The number of benzene rings is 1. The van der Waals surface area contributed by atoms with Gasteiger partial charge in [0, 0.05) is 28.7 Å². The fourth-order valence-electron chi connectivity index (χ4n) is 1.09. The standard InChI is InChI=1S/C9H7NO.Cu.O4Si/c11-8-5-1-3-7-4-2-6-10-9(7)8;;1-5(2,3)4/h1-6,11H;;/q;;-4. The number of pyridine rings is 1. The third kappa shape index (κ3) is 6.34. The van der Waals surface area contributed by atoms with Crippen LogP contribution in [0.15, 0.2) is 36.5 Å². The number of fused-ring (bicyclic) bond motifs is 1. The molecule has 0 fully saturated rings. The van der Waals surface area contributed by atoms with E-state index in [2.05, 4.69) is 4.98 Å². The second kappa shape index (κ2) is 6.67. The SMILES string of the molecule is Oc1cccc2cccnc12.[Cu].[O-][Si]([O-])([O-])[O-]. The molecule has 0 aliphatic heterocycles. The molecule has 1 aromatic carbocycles. The van der Waals surface area contributed by atoms with E-state index in [1.54, 1.807) is 18.3 Å². The van der Waals surface area contributed by atoms with Crippen molar-refractivity contribution in [1.82, 2.24) is 4.98 Å². The monoisotopic (exact) mass is 300 g/mol. The first-order valence-corrected chi connectivity index (χ1v) is 5.85. The third-order valence-corrected chi connectivity index (χ3v) is 1.61. The zero-order valence-electron chi connectivity index (χ0n) is 8.29. The van der Waals surface area contributed by atoms with Crippen molar-refractivity contribution in [2.75, 3.05) is 0 Å². The topological polar surface area (TPSA) is 125 Å². The van der Waals surface area contributed by atoms with Gasteiger partial charge in [0.1, 0.15) is 11.3 Å². The fraction of sp³-hybridized carbons (Fsp3) is 0. The van der Waals surface area contributed by atoms with Gasteiger partial charge in [-0.3, -0.25) is 4.98 Å². The Kier molecular flexibility index (Phi) is 6.28. The van der Waals surface area contributed by atoms with Crippen LogP contribution in [0.2, 0.25) is 0 Å². The van der Waals surface area contributed by atoms with Crippen LogP contribution in [0.1, 0.15) is 0 Å². The van der Waals surface area contributed by atoms with Crippen molar-refractivity contribution < 1.29 is 41.4 Å². The molecule has 8 heteroatoms. The molecule has 2 rings (SSSR count). The molecule has 6 nitrogen and oxygen atoms in total. The average Bonchev–Trinajstić information content (AvgIpc) is 2.16. The number of rotatable bonds is 0. The number of phenolic OH excluding ortho intramolecular Hbond substituents is 1. The second-order valence-electron chi connectivity index (χ2n) is 2.85. The van der Waals surface area contributed by atoms with Crippen molar-refractivity contribution in [2.45, 2.75) is 0 Å². The van der Waals surface area contributed by atoms with Gasteiger partial charge in [-0.05, 0) is 12.1 Å². The van der Waals surface area contributed by atoms with Gasteiger partial charge in [-0.15, -0.1) is 0 Å². The molecule has 0 bridgehead atoms. The summed E-state index contributed by atoms with van der Waals surface area (Å²) in [6.07, 6.45) is 1.67. The van der Waals surface area contributed by atoms with E-state index in [4.69, 9.17) is 19.2 Å². The van der Waals surface area contributed by atoms with E-state index in [1.807, 2.05) is 18.2 Å². The summed E-state index contributed by atoms with van der Waals surface area (Å²) in [5, 5.41) is 10.3. The zero-order valence-corrected chi connectivity index (χ0v) is 10.2. The van der Waals surface area contributed by atoms with Gasteiger partial charge < -0.3 is 33.3 Å². The summed E-state index contributed by atoms with van der Waals surface area (Å²) < 4.78 is 0. The van der Waals surface area contributed by atoms with Crippen LogP contribution in [0.3, 0.4) is 0 Å². The molecule has 0 atom stereocenters. The summed E-state index contributed by atoms with van der Waals surface area (Å²) in [6.45, 7) is 0. The largest absolute Gasteiger partial charge is 0.894 e. The Morgan fingerprint density at radius 2 is 1.53 bits per heavy atom. The van der Waals surface area contributed by atoms with Gasteiger partial charge in [-0.1, -0.05) is 18.2 Å². The Balaban J connectivity index is 0.000000373. The van der Waals surface area contributed by atoms with Gasteiger partial charge in [0.2, 0.25) is 0 Å². The summed E-state index contributed by atoms with van der Waals surface area (Å²) in [5.41, 5.74) is 0.662. The fourth-order valence-corrected chi connectivity index (χ4v) is 1.09. The van der Waals surface area contributed by atoms with Crippen molar-refractivity contribution in [3.05, 3.63) is 36.5 Å². The number of aromatic nitrogens is 1. The first-order valence-electron chi connectivity index (χ1n) is 4.22. The van der Waals surface area contributed by atoms with E-state index in [-0.39, 0.29) is 22.8 Å². The minimum absolute atomic E-state index is 0. The minimum Gasteiger partial charge on any atom is -0.894 e. The van der Waals surface area contributed by atoms with E-state index in [0.29, 0.717) is 5.52 Å². The number of hydrogen-bond donors (Lipinski definition) is 1. The first-order chi connectivity index (χ1) is 7.38. The maximum absolute atomic E-state index is 9.31. The number of aromatic hydroxyl groups is 1. The number of para-hydroxylation sites is 1. The molecule has 0 amide bonds. The van der Waals surface area contributed by atoms with E-state index in [0.717, 1.165) is 5.39 Å². The molecule has 1 aromatic heterocycles. The van der Waals surface area contributed by atoms with Gasteiger partial charge >= 0.3 is 0 Å². The molecule has 2 aromatic rings. The maximum atomic E-state index is 9.31. The van der Waals surface area contributed by atoms with Gasteiger partial charge in [0.15, 0.2) is 0 Å². The summed E-state index contributed by atoms with van der Waals surface area (Å²) in [5.74, 6) is 0.239. The van der Waals surface area contributed by atoms with E-state index < -0.39 is 9.05 Å². The van der Waals surface area contributed by atoms with Crippen molar-refractivity contribution in [3.63, 3.8) is 0 Å². The zero-order chi connectivity index (χ0) is 12.2. The van der Waals surface area contributed by atoms with Crippen molar-refractivity contribution >= 4 is 20.0 Å². The predicted octanol–water partition coefficient (Wildman–Crippen LogP) is -3.20. The quantitative estimate of drug-likeness (QED) is 0.511. The third-order valence-electron chi connectivity index (χ3n) is 1.61. The normalized spacial score (nSPS) is 10.1. The van der Waals surface area contributed by atoms with Crippen LogP contribution in [0.5, 0.6) is 5.75 Å². The minimum atomic E-state index is -5.61. The van der Waals surface area contributed by atoms with Gasteiger partial charge in [0.05, 0.1) is 0 Å². The summed E-state index contributed by atoms with van der Waals surface area (Å²) in [4.78, 5) is 38.3. The predicted molar refractivity (Wildman–Crippen MR) is 49.2 cm³/mol. The van der Waals surface area contributed by atoms with E-state index in [9.17, 15) is 5.11 Å². The Bertz CT molecular complexity index is 465. The smallest absolute Gasteiger partial charge is 0.141 e. The maximum Gasteiger partial charge on any atom is 0.141 e.